The van der Waals surface area contributed by atoms with E-state index in [2.05, 4.69) is 5.32 Å². The van der Waals surface area contributed by atoms with Gasteiger partial charge < -0.3 is 10.1 Å². The fourth-order valence-corrected chi connectivity index (χ4v) is 2.99. The normalized spacial score (nSPS) is 39.9. The lowest BCUT2D eigenvalue weighted by atomic mass is 9.69. The predicted molar refractivity (Wildman–Crippen MR) is 73.0 cm³/mol. The van der Waals surface area contributed by atoms with Crippen molar-refractivity contribution in [3.63, 3.8) is 0 Å². The van der Waals surface area contributed by atoms with Crippen LogP contribution < -0.4 is 5.32 Å². The van der Waals surface area contributed by atoms with Crippen LogP contribution in [0, 0.1) is 5.92 Å². The molecule has 0 spiro atoms. The molecule has 0 aromatic rings. The van der Waals surface area contributed by atoms with Gasteiger partial charge in [-0.25, -0.2) is 4.79 Å². The second-order valence-electron chi connectivity index (χ2n) is 6.04. The number of rotatable bonds is 3. The van der Waals surface area contributed by atoms with Crippen LogP contribution in [0.4, 0.5) is 4.79 Å². The van der Waals surface area contributed by atoms with E-state index in [0.29, 0.717) is 6.42 Å². The molecule has 19 heavy (non-hydrogen) atoms. The third-order valence-corrected chi connectivity index (χ3v) is 5.07. The molecule has 1 radical (unpaired) electrons. The summed E-state index contributed by atoms with van der Waals surface area (Å²) in [5.41, 5.74) is -0.975. The van der Waals surface area contributed by atoms with Gasteiger partial charge in [-0.05, 0) is 26.7 Å². The summed E-state index contributed by atoms with van der Waals surface area (Å²) in [6.07, 6.45) is 1.41. The first-order chi connectivity index (χ1) is 8.75. The van der Waals surface area contributed by atoms with E-state index in [1.807, 2.05) is 34.6 Å². The maximum Gasteiger partial charge on any atom is 0.407 e. The minimum Gasteiger partial charge on any atom is -0.446 e. The quantitative estimate of drug-likeness (QED) is 0.858. The summed E-state index contributed by atoms with van der Waals surface area (Å²) in [6, 6.07) is 0. The van der Waals surface area contributed by atoms with Crippen LogP contribution in [0.5, 0.6) is 0 Å². The average molecular weight is 271 g/mol. The third-order valence-electron chi connectivity index (χ3n) is 5.07. The molecule has 0 aromatic heterocycles. The van der Waals surface area contributed by atoms with E-state index in [0.717, 1.165) is 12.8 Å². The zero-order chi connectivity index (χ0) is 14.8. The number of carbonyl (C=O) groups excluding carboxylic acids is 1. The van der Waals surface area contributed by atoms with Crippen molar-refractivity contribution in [3.05, 3.63) is 0 Å². The Morgan fingerprint density at radius 3 is 2.37 bits per heavy atom. The van der Waals surface area contributed by atoms with Crippen molar-refractivity contribution < 1.29 is 14.7 Å². The Bertz CT molecular complexity index is 337. The number of nitrogens with zero attached hydrogens (tertiary/aromatic N) is 1. The van der Waals surface area contributed by atoms with E-state index >= 15 is 0 Å². The monoisotopic (exact) mass is 271 g/mol. The predicted octanol–water partition coefficient (Wildman–Crippen LogP) is 2.74. The number of hydroxylamine groups is 2. The van der Waals surface area contributed by atoms with Crippen molar-refractivity contribution in [2.75, 3.05) is 7.05 Å². The Morgan fingerprint density at radius 1 is 1.37 bits per heavy atom. The Hall–Kier alpha value is -0.810. The molecule has 0 aromatic carbocycles. The molecular weight excluding hydrogens is 244 g/mol. The SMILES string of the molecule is CCC1(C)CC(OC(=O)NC)C(C)C(C)(CC)N1[O]. The van der Waals surface area contributed by atoms with Gasteiger partial charge in [0.05, 0.1) is 11.1 Å². The fraction of sp³-hybridized carbons (Fsp3) is 0.929. The summed E-state index contributed by atoms with van der Waals surface area (Å²) in [5.74, 6) is 0.00641. The highest BCUT2D eigenvalue weighted by atomic mass is 16.6. The molecule has 1 saturated heterocycles. The number of nitrogens with one attached hydrogen (secondary N) is 1. The lowest BCUT2D eigenvalue weighted by Crippen LogP contribution is -2.66. The maximum atomic E-state index is 12.7. The standard InChI is InChI=1S/C14H27N2O3/c1-7-13(4)9-11(19-12(17)15-6)10(3)14(5,8-2)16(13)18/h10-11H,7-9H2,1-6H3,(H,15,17). The first-order valence-corrected chi connectivity index (χ1v) is 7.11. The van der Waals surface area contributed by atoms with Gasteiger partial charge in [0.15, 0.2) is 0 Å². The van der Waals surface area contributed by atoms with Gasteiger partial charge in [0, 0.05) is 19.4 Å². The topological polar surface area (TPSA) is 61.5 Å². The van der Waals surface area contributed by atoms with E-state index in [1.54, 1.807) is 7.05 Å². The molecule has 111 valence electrons. The third kappa shape index (κ3) is 2.72. The number of hydrogen-bond donors (Lipinski definition) is 1. The van der Waals surface area contributed by atoms with Gasteiger partial charge in [-0.3, -0.25) is 0 Å². The van der Waals surface area contributed by atoms with Crippen LogP contribution in [0.3, 0.4) is 0 Å². The number of alkyl carbamates (subject to hydrolysis) is 1. The van der Waals surface area contributed by atoms with Gasteiger partial charge in [0.1, 0.15) is 6.10 Å². The van der Waals surface area contributed by atoms with Crippen LogP contribution >= 0.6 is 0 Å². The summed E-state index contributed by atoms with van der Waals surface area (Å²) in [5, 5.41) is 16.4. The van der Waals surface area contributed by atoms with Gasteiger partial charge >= 0.3 is 6.09 Å². The number of ether oxygens (including phenoxy) is 1. The molecule has 1 aliphatic rings. The molecule has 1 rings (SSSR count). The summed E-state index contributed by atoms with van der Waals surface area (Å²) in [6.45, 7) is 9.95. The first kappa shape index (κ1) is 16.2. The van der Waals surface area contributed by atoms with E-state index in [-0.39, 0.29) is 12.0 Å². The number of amides is 1. The second-order valence-corrected chi connectivity index (χ2v) is 6.04. The van der Waals surface area contributed by atoms with Crippen LogP contribution in [0.1, 0.15) is 53.9 Å². The van der Waals surface area contributed by atoms with Crippen LogP contribution in [0.25, 0.3) is 0 Å². The minimum absolute atomic E-state index is 0.00641. The molecule has 0 saturated carbocycles. The van der Waals surface area contributed by atoms with E-state index in [4.69, 9.17) is 4.74 Å². The molecule has 4 atom stereocenters. The zero-order valence-electron chi connectivity index (χ0n) is 12.9. The zero-order valence-corrected chi connectivity index (χ0v) is 12.9. The maximum absolute atomic E-state index is 12.7. The van der Waals surface area contributed by atoms with Gasteiger partial charge in [0.25, 0.3) is 0 Å². The van der Waals surface area contributed by atoms with Gasteiger partial charge in [0.2, 0.25) is 0 Å². The van der Waals surface area contributed by atoms with Gasteiger partial charge in [-0.15, -0.1) is 10.3 Å². The van der Waals surface area contributed by atoms with Gasteiger partial charge in [-0.1, -0.05) is 20.8 Å². The largest absolute Gasteiger partial charge is 0.446 e. The van der Waals surface area contributed by atoms with Crippen LogP contribution in [-0.2, 0) is 9.94 Å². The molecule has 4 unspecified atom stereocenters. The highest BCUT2D eigenvalue weighted by Gasteiger charge is 2.54. The van der Waals surface area contributed by atoms with E-state index in [9.17, 15) is 10.0 Å². The van der Waals surface area contributed by atoms with Crippen LogP contribution in [0.15, 0.2) is 0 Å². The molecule has 1 amide bonds. The minimum atomic E-state index is -0.498. The lowest BCUT2D eigenvalue weighted by molar-refractivity contribution is -0.323. The Kier molecular flexibility index (Phi) is 4.85. The number of carbonyl (C=O) groups is 1. The van der Waals surface area contributed by atoms with Crippen molar-refractivity contribution in [2.24, 2.45) is 5.92 Å². The fourth-order valence-electron chi connectivity index (χ4n) is 2.99. The van der Waals surface area contributed by atoms with Crippen LogP contribution in [-0.4, -0.2) is 35.4 Å². The summed E-state index contributed by atoms with van der Waals surface area (Å²) in [4.78, 5) is 11.5. The van der Waals surface area contributed by atoms with Crippen molar-refractivity contribution in [1.82, 2.24) is 10.4 Å². The highest BCUT2D eigenvalue weighted by molar-refractivity contribution is 5.66. The second kappa shape index (κ2) is 5.67. The van der Waals surface area contributed by atoms with Crippen molar-refractivity contribution in [3.8, 4) is 0 Å². The van der Waals surface area contributed by atoms with E-state index in [1.165, 1.54) is 5.06 Å². The molecule has 1 N–H and O–H groups in total. The number of piperidine rings is 1. The van der Waals surface area contributed by atoms with E-state index < -0.39 is 17.2 Å². The molecule has 1 aliphatic heterocycles. The molecule has 0 aliphatic carbocycles. The van der Waals surface area contributed by atoms with Gasteiger partial charge in [-0.2, -0.15) is 0 Å². The molecule has 5 nitrogen and oxygen atoms in total. The molecule has 1 fully saturated rings. The molecular formula is C14H27N2O3. The first-order valence-electron chi connectivity index (χ1n) is 7.11. The lowest BCUT2D eigenvalue weighted by Gasteiger charge is -2.55. The average Bonchev–Trinajstić information content (AvgIpc) is 2.42. The highest BCUT2D eigenvalue weighted by Crippen LogP contribution is 2.45. The smallest absolute Gasteiger partial charge is 0.407 e. The Labute approximate surface area is 116 Å². The Morgan fingerprint density at radius 2 is 1.95 bits per heavy atom. The summed E-state index contributed by atoms with van der Waals surface area (Å²) >= 11 is 0. The van der Waals surface area contributed by atoms with Crippen molar-refractivity contribution in [1.29, 1.82) is 0 Å². The number of hydrogen-bond acceptors (Lipinski definition) is 3. The van der Waals surface area contributed by atoms with Crippen LogP contribution in [0.2, 0.25) is 0 Å². The van der Waals surface area contributed by atoms with Crippen molar-refractivity contribution >= 4 is 6.09 Å². The molecule has 5 heteroatoms. The summed E-state index contributed by atoms with van der Waals surface area (Å²) < 4.78 is 5.48. The molecule has 1 heterocycles. The Balaban J connectivity index is 3.05. The van der Waals surface area contributed by atoms with Crippen molar-refractivity contribution in [2.45, 2.75) is 71.1 Å². The summed E-state index contributed by atoms with van der Waals surface area (Å²) in [7, 11) is 1.55. The molecule has 0 bridgehead atoms.